The molecule has 3 nitrogen and oxygen atoms in total. The number of nitrogens with one attached hydrogen (secondary N) is 1. The van der Waals surface area contributed by atoms with Crippen molar-refractivity contribution in [3.63, 3.8) is 0 Å². The summed E-state index contributed by atoms with van der Waals surface area (Å²) >= 11 is 7.28. The van der Waals surface area contributed by atoms with E-state index in [4.69, 9.17) is 11.6 Å². The molecule has 5 heteroatoms. The zero-order valence-electron chi connectivity index (χ0n) is 10.6. The van der Waals surface area contributed by atoms with Gasteiger partial charge in [-0.25, -0.2) is 0 Å². The predicted molar refractivity (Wildman–Crippen MR) is 76.5 cm³/mol. The van der Waals surface area contributed by atoms with E-state index in [-0.39, 0.29) is 5.91 Å². The van der Waals surface area contributed by atoms with E-state index in [2.05, 4.69) is 5.32 Å². The predicted octanol–water partition coefficient (Wildman–Crippen LogP) is 3.01. The van der Waals surface area contributed by atoms with Crippen LogP contribution in [0.3, 0.4) is 0 Å². The Kier molecular flexibility index (Phi) is 5.03. The van der Waals surface area contributed by atoms with Gasteiger partial charge in [0, 0.05) is 12.6 Å². The van der Waals surface area contributed by atoms with Crippen LogP contribution < -0.4 is 5.32 Å². The van der Waals surface area contributed by atoms with Gasteiger partial charge in [0.2, 0.25) is 0 Å². The van der Waals surface area contributed by atoms with Crippen LogP contribution in [0.1, 0.15) is 35.4 Å². The molecule has 0 radical (unpaired) electrons. The summed E-state index contributed by atoms with van der Waals surface area (Å²) in [6.07, 6.45) is 4.48. The van der Waals surface area contributed by atoms with Crippen molar-refractivity contribution in [2.24, 2.45) is 0 Å². The Labute approximate surface area is 117 Å². The van der Waals surface area contributed by atoms with Crippen molar-refractivity contribution < 1.29 is 4.79 Å². The number of nitrogens with zero attached hydrogens (tertiary/aromatic N) is 1. The number of piperidine rings is 1. The first-order valence-electron chi connectivity index (χ1n) is 6.43. The second-order valence-corrected chi connectivity index (χ2v) is 6.36. The summed E-state index contributed by atoms with van der Waals surface area (Å²) in [6, 6.07) is 4.00. The Morgan fingerprint density at radius 3 is 3.06 bits per heavy atom. The Balaban J connectivity index is 2.06. The minimum Gasteiger partial charge on any atom is -0.335 e. The van der Waals surface area contributed by atoms with Gasteiger partial charge >= 0.3 is 0 Å². The average molecular weight is 287 g/mol. The molecule has 1 amide bonds. The Hall–Kier alpha value is -0.580. The summed E-state index contributed by atoms with van der Waals surface area (Å²) in [4.78, 5) is 15.2. The SMILES string of the molecule is CNCCC1CCCCN1C(=O)c1ccc(Cl)s1. The molecule has 100 valence electrons. The molecule has 0 aliphatic carbocycles. The van der Waals surface area contributed by atoms with Crippen molar-refractivity contribution in [2.45, 2.75) is 31.7 Å². The van der Waals surface area contributed by atoms with Crippen molar-refractivity contribution in [3.8, 4) is 0 Å². The minimum atomic E-state index is 0.146. The molecule has 1 saturated heterocycles. The van der Waals surface area contributed by atoms with Gasteiger partial charge in [0.25, 0.3) is 5.91 Å². The van der Waals surface area contributed by atoms with Crippen molar-refractivity contribution in [1.29, 1.82) is 0 Å². The zero-order valence-corrected chi connectivity index (χ0v) is 12.2. The molecule has 2 heterocycles. The van der Waals surface area contributed by atoms with Gasteiger partial charge in [-0.3, -0.25) is 4.79 Å². The maximum atomic E-state index is 12.4. The molecule has 1 aliphatic heterocycles. The van der Waals surface area contributed by atoms with Crippen LogP contribution in [0.25, 0.3) is 0 Å². The van der Waals surface area contributed by atoms with Crippen molar-refractivity contribution >= 4 is 28.8 Å². The lowest BCUT2D eigenvalue weighted by atomic mass is 9.99. The van der Waals surface area contributed by atoms with Crippen molar-refractivity contribution in [2.75, 3.05) is 20.1 Å². The minimum absolute atomic E-state index is 0.146. The third-order valence-corrected chi connectivity index (χ3v) is 4.62. The highest BCUT2D eigenvalue weighted by Crippen LogP contribution is 2.26. The summed E-state index contributed by atoms with van der Waals surface area (Å²) in [5.74, 6) is 0.146. The van der Waals surface area contributed by atoms with Gasteiger partial charge in [0.1, 0.15) is 0 Å². The van der Waals surface area contributed by atoms with Crippen LogP contribution in [0.5, 0.6) is 0 Å². The van der Waals surface area contributed by atoms with Gasteiger partial charge in [-0.15, -0.1) is 11.3 Å². The Morgan fingerprint density at radius 2 is 2.39 bits per heavy atom. The van der Waals surface area contributed by atoms with Gasteiger partial charge in [-0.1, -0.05) is 11.6 Å². The van der Waals surface area contributed by atoms with Crippen LogP contribution >= 0.6 is 22.9 Å². The fraction of sp³-hybridized carbons (Fsp3) is 0.615. The number of halogens is 1. The molecular formula is C13H19ClN2OS. The molecule has 0 bridgehead atoms. The molecule has 2 rings (SSSR count). The number of carbonyl (C=O) groups excluding carboxylic acids is 1. The lowest BCUT2D eigenvalue weighted by molar-refractivity contribution is 0.0607. The normalized spacial score (nSPS) is 20.1. The van der Waals surface area contributed by atoms with E-state index in [0.29, 0.717) is 10.4 Å². The van der Waals surface area contributed by atoms with Crippen LogP contribution in [0, 0.1) is 0 Å². The molecule has 0 spiro atoms. The summed E-state index contributed by atoms with van der Waals surface area (Å²) in [5, 5.41) is 3.16. The molecule has 1 unspecified atom stereocenters. The number of rotatable bonds is 4. The van der Waals surface area contributed by atoms with Crippen molar-refractivity contribution in [3.05, 3.63) is 21.3 Å². The van der Waals surface area contributed by atoms with Crippen molar-refractivity contribution in [1.82, 2.24) is 10.2 Å². The first-order chi connectivity index (χ1) is 8.72. The number of carbonyl (C=O) groups is 1. The van der Waals surface area contributed by atoms with Gasteiger partial charge in [0.05, 0.1) is 9.21 Å². The maximum absolute atomic E-state index is 12.4. The maximum Gasteiger partial charge on any atom is 0.264 e. The lowest BCUT2D eigenvalue weighted by Gasteiger charge is -2.35. The molecule has 1 N–H and O–H groups in total. The number of hydrogen-bond acceptors (Lipinski definition) is 3. The fourth-order valence-corrected chi connectivity index (χ4v) is 3.45. The Morgan fingerprint density at radius 1 is 1.56 bits per heavy atom. The molecule has 1 aromatic rings. The van der Waals surface area contributed by atoms with E-state index in [1.54, 1.807) is 6.07 Å². The summed E-state index contributed by atoms with van der Waals surface area (Å²) in [6.45, 7) is 1.84. The van der Waals surface area contributed by atoms with Crippen LogP contribution in [-0.4, -0.2) is 37.0 Å². The first-order valence-corrected chi connectivity index (χ1v) is 7.62. The monoisotopic (exact) mass is 286 g/mol. The highest BCUT2D eigenvalue weighted by molar-refractivity contribution is 7.17. The molecule has 1 aliphatic rings. The van der Waals surface area contributed by atoms with Crippen LogP contribution in [0.2, 0.25) is 4.34 Å². The Bertz CT molecular complexity index is 407. The number of amides is 1. The summed E-state index contributed by atoms with van der Waals surface area (Å²) in [7, 11) is 1.95. The second-order valence-electron chi connectivity index (χ2n) is 4.64. The van der Waals surface area contributed by atoms with Crippen LogP contribution in [0.4, 0.5) is 0 Å². The molecule has 18 heavy (non-hydrogen) atoms. The van der Waals surface area contributed by atoms with Gasteiger partial charge in [-0.05, 0) is 51.4 Å². The summed E-state index contributed by atoms with van der Waals surface area (Å²) < 4.78 is 0.683. The number of thiophene rings is 1. The topological polar surface area (TPSA) is 32.3 Å². The molecular weight excluding hydrogens is 268 g/mol. The molecule has 0 saturated carbocycles. The number of hydrogen-bond donors (Lipinski definition) is 1. The highest BCUT2D eigenvalue weighted by atomic mass is 35.5. The molecule has 0 aromatic carbocycles. The summed E-state index contributed by atoms with van der Waals surface area (Å²) in [5.41, 5.74) is 0. The van der Waals surface area contributed by atoms with E-state index < -0.39 is 0 Å². The van der Waals surface area contributed by atoms with E-state index in [9.17, 15) is 4.79 Å². The largest absolute Gasteiger partial charge is 0.335 e. The fourth-order valence-electron chi connectivity index (χ4n) is 2.45. The van der Waals surface area contributed by atoms with Crippen LogP contribution in [-0.2, 0) is 0 Å². The van der Waals surface area contributed by atoms with Gasteiger partial charge < -0.3 is 10.2 Å². The molecule has 1 aromatic heterocycles. The average Bonchev–Trinajstić information content (AvgIpc) is 2.82. The van der Waals surface area contributed by atoms with Gasteiger partial charge in [0.15, 0.2) is 0 Å². The highest BCUT2D eigenvalue weighted by Gasteiger charge is 2.27. The van der Waals surface area contributed by atoms with Crippen LogP contribution in [0.15, 0.2) is 12.1 Å². The zero-order chi connectivity index (χ0) is 13.0. The van der Waals surface area contributed by atoms with E-state index in [1.807, 2.05) is 18.0 Å². The van der Waals surface area contributed by atoms with E-state index >= 15 is 0 Å². The molecule has 1 fully saturated rings. The standard InChI is InChI=1S/C13H19ClN2OS/c1-15-8-7-10-4-2-3-9-16(10)13(17)11-5-6-12(14)18-11/h5-6,10,15H,2-4,7-9H2,1H3. The molecule has 1 atom stereocenters. The third-order valence-electron chi connectivity index (χ3n) is 3.40. The number of likely N-dealkylation sites (tertiary alicyclic amines) is 1. The first kappa shape index (κ1) is 13.8. The lowest BCUT2D eigenvalue weighted by Crippen LogP contribution is -2.44. The quantitative estimate of drug-likeness (QED) is 0.923. The van der Waals surface area contributed by atoms with E-state index in [1.165, 1.54) is 17.8 Å². The van der Waals surface area contributed by atoms with E-state index in [0.717, 1.165) is 37.2 Å². The smallest absolute Gasteiger partial charge is 0.264 e. The second kappa shape index (κ2) is 6.55. The van der Waals surface area contributed by atoms with Gasteiger partial charge in [-0.2, -0.15) is 0 Å². The third kappa shape index (κ3) is 3.25.